The number of carbonyl (C=O) groups excluding carboxylic acids is 1. The van der Waals surface area contributed by atoms with Crippen LogP contribution in [0.2, 0.25) is 0 Å². The minimum absolute atomic E-state index is 0.148. The molecule has 0 spiro atoms. The number of nitrogens with one attached hydrogen (secondary N) is 1. The monoisotopic (exact) mass is 281 g/mol. The second kappa shape index (κ2) is 8.99. The van der Waals surface area contributed by atoms with Crippen molar-refractivity contribution in [2.24, 2.45) is 0 Å². The third-order valence-corrected chi connectivity index (χ3v) is 3.87. The molecule has 0 atom stereocenters. The molecule has 0 aromatic heterocycles. The van der Waals surface area contributed by atoms with Crippen molar-refractivity contribution >= 4 is 17.7 Å². The fraction of sp³-hybridized carbons (Fsp3) is 0.533. The zero-order valence-corrected chi connectivity index (χ0v) is 12.8. The van der Waals surface area contributed by atoms with Gasteiger partial charge in [0.1, 0.15) is 0 Å². The topological polar surface area (TPSA) is 38.3 Å². The van der Waals surface area contributed by atoms with E-state index in [-0.39, 0.29) is 5.97 Å². The molecule has 0 unspecified atom stereocenters. The molecule has 1 aromatic carbocycles. The maximum atomic E-state index is 11.1. The molecule has 1 rings (SSSR count). The van der Waals surface area contributed by atoms with Gasteiger partial charge in [-0.1, -0.05) is 24.6 Å². The number of esters is 1. The zero-order valence-electron chi connectivity index (χ0n) is 12.0. The summed E-state index contributed by atoms with van der Waals surface area (Å²) in [5.74, 6) is 0.613. The van der Waals surface area contributed by atoms with Crippen molar-refractivity contribution in [3.63, 3.8) is 0 Å². The van der Waals surface area contributed by atoms with Crippen LogP contribution in [0.5, 0.6) is 0 Å². The molecule has 1 N–H and O–H groups in total. The lowest BCUT2D eigenvalue weighted by molar-refractivity contribution is -0.140. The highest BCUT2D eigenvalue weighted by Crippen LogP contribution is 2.24. The number of hydrogen-bond donors (Lipinski definition) is 1. The van der Waals surface area contributed by atoms with E-state index < -0.39 is 0 Å². The molecule has 1 aromatic rings. The van der Waals surface area contributed by atoms with Gasteiger partial charge in [-0.2, -0.15) is 0 Å². The van der Waals surface area contributed by atoms with Crippen LogP contribution < -0.4 is 5.32 Å². The van der Waals surface area contributed by atoms with Gasteiger partial charge in [-0.3, -0.25) is 4.79 Å². The average molecular weight is 281 g/mol. The molecule has 4 heteroatoms. The first kappa shape index (κ1) is 16.1. The summed E-state index contributed by atoms with van der Waals surface area (Å²) in [6.45, 7) is 6.18. The normalized spacial score (nSPS) is 10.5. The number of methoxy groups -OCH3 is 1. The van der Waals surface area contributed by atoms with Crippen molar-refractivity contribution in [2.45, 2.75) is 38.1 Å². The summed E-state index contributed by atoms with van der Waals surface area (Å²) in [6.07, 6.45) is 1.59. The zero-order chi connectivity index (χ0) is 14.1. The summed E-state index contributed by atoms with van der Waals surface area (Å²) < 4.78 is 4.65. The summed E-state index contributed by atoms with van der Waals surface area (Å²) >= 11 is 1.72. The summed E-state index contributed by atoms with van der Waals surface area (Å²) in [7, 11) is 1.43. The van der Waals surface area contributed by atoms with Crippen LogP contribution in [0, 0.1) is 6.92 Å². The number of ether oxygens (including phenoxy) is 1. The van der Waals surface area contributed by atoms with Crippen molar-refractivity contribution in [2.75, 3.05) is 19.4 Å². The molecule has 0 fully saturated rings. The van der Waals surface area contributed by atoms with Gasteiger partial charge in [0.15, 0.2) is 0 Å². The molecular formula is C15H23NO2S. The van der Waals surface area contributed by atoms with E-state index in [4.69, 9.17) is 0 Å². The van der Waals surface area contributed by atoms with E-state index in [1.54, 1.807) is 11.8 Å². The van der Waals surface area contributed by atoms with E-state index in [0.29, 0.717) is 6.42 Å². The van der Waals surface area contributed by atoms with Gasteiger partial charge in [-0.15, -0.1) is 11.8 Å². The van der Waals surface area contributed by atoms with E-state index in [9.17, 15) is 4.79 Å². The lowest BCUT2D eigenvalue weighted by atomic mass is 10.1. The first-order valence-electron chi connectivity index (χ1n) is 6.67. The fourth-order valence-corrected chi connectivity index (χ4v) is 2.70. The van der Waals surface area contributed by atoms with Gasteiger partial charge < -0.3 is 10.1 Å². The Morgan fingerprint density at radius 2 is 2.21 bits per heavy atom. The summed E-state index contributed by atoms with van der Waals surface area (Å²) in [4.78, 5) is 12.4. The Hall–Kier alpha value is -1.00. The lowest BCUT2D eigenvalue weighted by Gasteiger charge is -2.11. The molecule has 0 amide bonds. The van der Waals surface area contributed by atoms with Gasteiger partial charge in [0.05, 0.1) is 13.5 Å². The first-order valence-corrected chi connectivity index (χ1v) is 7.65. The van der Waals surface area contributed by atoms with Crippen LogP contribution in [0.15, 0.2) is 23.1 Å². The van der Waals surface area contributed by atoms with Gasteiger partial charge in [0, 0.05) is 17.2 Å². The molecule has 0 aliphatic carbocycles. The van der Waals surface area contributed by atoms with Crippen molar-refractivity contribution in [3.8, 4) is 0 Å². The highest BCUT2D eigenvalue weighted by molar-refractivity contribution is 7.99. The molecule has 0 bridgehead atoms. The summed E-state index contributed by atoms with van der Waals surface area (Å²) in [5.41, 5.74) is 2.58. The number of hydrogen-bond acceptors (Lipinski definition) is 4. The number of aryl methyl sites for hydroxylation is 1. The SMILES string of the molecule is CCCNCc1cc(C)ccc1SCCC(=O)OC. The van der Waals surface area contributed by atoms with Gasteiger partial charge >= 0.3 is 5.97 Å². The first-order chi connectivity index (χ1) is 9.17. The second-order valence-electron chi connectivity index (χ2n) is 4.46. The van der Waals surface area contributed by atoms with Crippen molar-refractivity contribution in [1.82, 2.24) is 5.32 Å². The van der Waals surface area contributed by atoms with Gasteiger partial charge in [0.2, 0.25) is 0 Å². The van der Waals surface area contributed by atoms with Crippen LogP contribution in [-0.2, 0) is 16.1 Å². The molecule has 0 aliphatic rings. The molecule has 0 saturated heterocycles. The van der Waals surface area contributed by atoms with Crippen LogP contribution in [0.3, 0.4) is 0 Å². The predicted octanol–water partition coefficient (Wildman–Crippen LogP) is 3.15. The number of carbonyl (C=O) groups is 1. The van der Waals surface area contributed by atoms with Crippen LogP contribution in [0.25, 0.3) is 0 Å². The molecule has 106 valence electrons. The number of benzene rings is 1. The molecule has 19 heavy (non-hydrogen) atoms. The van der Waals surface area contributed by atoms with E-state index in [1.165, 1.54) is 23.1 Å². The van der Waals surface area contributed by atoms with E-state index >= 15 is 0 Å². The number of rotatable bonds is 8. The lowest BCUT2D eigenvalue weighted by Crippen LogP contribution is -2.14. The largest absolute Gasteiger partial charge is 0.469 e. The molecule has 0 radical (unpaired) electrons. The quantitative estimate of drug-likeness (QED) is 0.451. The minimum Gasteiger partial charge on any atom is -0.469 e. The van der Waals surface area contributed by atoms with E-state index in [2.05, 4.69) is 42.1 Å². The third-order valence-electron chi connectivity index (χ3n) is 2.75. The standard InChI is InChI=1S/C15H23NO2S/c1-4-8-16-11-13-10-12(2)5-6-14(13)19-9-7-15(17)18-3/h5-6,10,16H,4,7-9,11H2,1-3H3. The van der Waals surface area contributed by atoms with Crippen LogP contribution in [0.4, 0.5) is 0 Å². The van der Waals surface area contributed by atoms with E-state index in [1.807, 2.05) is 0 Å². The van der Waals surface area contributed by atoms with Crippen molar-refractivity contribution in [1.29, 1.82) is 0 Å². The highest BCUT2D eigenvalue weighted by atomic mass is 32.2. The molecule has 0 aliphatic heterocycles. The Balaban J connectivity index is 2.57. The van der Waals surface area contributed by atoms with Crippen LogP contribution >= 0.6 is 11.8 Å². The van der Waals surface area contributed by atoms with E-state index in [0.717, 1.165) is 25.3 Å². The Bertz CT molecular complexity index is 407. The van der Waals surface area contributed by atoms with Crippen molar-refractivity contribution in [3.05, 3.63) is 29.3 Å². The van der Waals surface area contributed by atoms with Crippen LogP contribution in [0.1, 0.15) is 30.9 Å². The maximum absolute atomic E-state index is 11.1. The fourth-order valence-electron chi connectivity index (χ4n) is 1.73. The van der Waals surface area contributed by atoms with Crippen LogP contribution in [-0.4, -0.2) is 25.4 Å². The smallest absolute Gasteiger partial charge is 0.306 e. The van der Waals surface area contributed by atoms with Gasteiger partial charge in [-0.25, -0.2) is 0 Å². The second-order valence-corrected chi connectivity index (χ2v) is 5.60. The highest BCUT2D eigenvalue weighted by Gasteiger charge is 2.06. The molecule has 3 nitrogen and oxygen atoms in total. The molecule has 0 saturated carbocycles. The Morgan fingerprint density at radius 3 is 2.89 bits per heavy atom. The minimum atomic E-state index is -0.148. The van der Waals surface area contributed by atoms with Crippen molar-refractivity contribution < 1.29 is 9.53 Å². The predicted molar refractivity (Wildman–Crippen MR) is 80.5 cm³/mol. The third kappa shape index (κ3) is 6.12. The molecular weight excluding hydrogens is 258 g/mol. The Morgan fingerprint density at radius 1 is 1.42 bits per heavy atom. The molecule has 0 heterocycles. The maximum Gasteiger partial charge on any atom is 0.306 e. The van der Waals surface area contributed by atoms with Gasteiger partial charge in [0.25, 0.3) is 0 Å². The number of thioether (sulfide) groups is 1. The average Bonchev–Trinajstić information content (AvgIpc) is 2.41. The Labute approximate surface area is 120 Å². The van der Waals surface area contributed by atoms with Gasteiger partial charge in [-0.05, 0) is 31.5 Å². The Kier molecular flexibility index (Phi) is 7.60. The summed E-state index contributed by atoms with van der Waals surface area (Å²) in [5, 5.41) is 3.42. The summed E-state index contributed by atoms with van der Waals surface area (Å²) in [6, 6.07) is 6.47.